The second kappa shape index (κ2) is 5.99. The van der Waals surface area contributed by atoms with Gasteiger partial charge in [0.2, 0.25) is 0 Å². The molecule has 8 nitrogen and oxygen atoms in total. The maximum atomic E-state index is 12.4. The van der Waals surface area contributed by atoms with Crippen LogP contribution in [0.5, 0.6) is 0 Å². The van der Waals surface area contributed by atoms with Crippen molar-refractivity contribution in [3.05, 3.63) is 47.8 Å². The van der Waals surface area contributed by atoms with E-state index < -0.39 is 0 Å². The highest BCUT2D eigenvalue weighted by Crippen LogP contribution is 2.17. The van der Waals surface area contributed by atoms with Gasteiger partial charge in [0.15, 0.2) is 5.82 Å². The Labute approximate surface area is 133 Å². The molecule has 0 aliphatic heterocycles. The van der Waals surface area contributed by atoms with Crippen molar-refractivity contribution in [2.75, 3.05) is 0 Å². The topological polar surface area (TPSA) is 101 Å². The molecule has 0 saturated carbocycles. The van der Waals surface area contributed by atoms with Gasteiger partial charge in [-0.05, 0) is 26.0 Å². The third-order valence-corrected chi connectivity index (χ3v) is 3.46. The van der Waals surface area contributed by atoms with E-state index in [-0.39, 0.29) is 11.9 Å². The van der Waals surface area contributed by atoms with Gasteiger partial charge in [0, 0.05) is 18.2 Å². The number of benzene rings is 1. The van der Waals surface area contributed by atoms with Crippen LogP contribution in [-0.4, -0.2) is 35.9 Å². The number of hydrogen-bond donors (Lipinski definition) is 2. The molecule has 0 aliphatic carbocycles. The first kappa shape index (κ1) is 14.9. The summed E-state index contributed by atoms with van der Waals surface area (Å²) in [7, 11) is 1.79. The van der Waals surface area contributed by atoms with E-state index in [0.717, 1.165) is 11.4 Å². The van der Waals surface area contributed by atoms with Crippen molar-refractivity contribution in [3.8, 4) is 11.4 Å². The van der Waals surface area contributed by atoms with E-state index in [9.17, 15) is 4.79 Å². The van der Waals surface area contributed by atoms with Gasteiger partial charge in [0.05, 0.1) is 6.04 Å². The van der Waals surface area contributed by atoms with E-state index in [4.69, 9.17) is 0 Å². The number of carbonyl (C=O) groups excluding carboxylic acids is 1. The first-order valence-electron chi connectivity index (χ1n) is 7.19. The normalized spacial score (nSPS) is 12.1. The summed E-state index contributed by atoms with van der Waals surface area (Å²) in [5.41, 5.74) is 1.33. The summed E-state index contributed by atoms with van der Waals surface area (Å²) in [6.45, 7) is 3.69. The van der Waals surface area contributed by atoms with E-state index in [1.54, 1.807) is 23.9 Å². The Hall–Kier alpha value is -3.03. The third kappa shape index (κ3) is 3.10. The van der Waals surface area contributed by atoms with Gasteiger partial charge < -0.3 is 5.32 Å². The second-order valence-electron chi connectivity index (χ2n) is 5.26. The summed E-state index contributed by atoms with van der Waals surface area (Å²) in [5.74, 6) is 1.80. The Morgan fingerprint density at radius 1 is 1.39 bits per heavy atom. The number of H-pyrrole nitrogens is 1. The molecule has 1 atom stereocenters. The van der Waals surface area contributed by atoms with Crippen LogP contribution >= 0.6 is 0 Å². The van der Waals surface area contributed by atoms with Crippen molar-refractivity contribution in [2.45, 2.75) is 19.9 Å². The molecule has 2 heterocycles. The molecular formula is C15H17N7O. The Morgan fingerprint density at radius 2 is 2.22 bits per heavy atom. The van der Waals surface area contributed by atoms with Gasteiger partial charge in [-0.1, -0.05) is 12.1 Å². The summed E-state index contributed by atoms with van der Waals surface area (Å²) in [6.07, 6.45) is 1.46. The minimum atomic E-state index is -0.246. The number of aromatic nitrogens is 6. The third-order valence-electron chi connectivity index (χ3n) is 3.46. The zero-order valence-electron chi connectivity index (χ0n) is 13.1. The first-order valence-corrected chi connectivity index (χ1v) is 7.19. The van der Waals surface area contributed by atoms with Crippen LogP contribution in [-0.2, 0) is 7.05 Å². The zero-order valence-corrected chi connectivity index (χ0v) is 13.1. The smallest absolute Gasteiger partial charge is 0.251 e. The molecule has 8 heteroatoms. The first-order chi connectivity index (χ1) is 11.0. The summed E-state index contributed by atoms with van der Waals surface area (Å²) >= 11 is 0. The van der Waals surface area contributed by atoms with Crippen LogP contribution in [0.2, 0.25) is 0 Å². The van der Waals surface area contributed by atoms with Gasteiger partial charge >= 0.3 is 0 Å². The fourth-order valence-electron chi connectivity index (χ4n) is 2.31. The summed E-state index contributed by atoms with van der Waals surface area (Å²) in [6, 6.07) is 6.95. The van der Waals surface area contributed by atoms with E-state index in [0.29, 0.717) is 17.2 Å². The van der Waals surface area contributed by atoms with Crippen LogP contribution in [0.4, 0.5) is 0 Å². The van der Waals surface area contributed by atoms with E-state index in [2.05, 4.69) is 30.6 Å². The van der Waals surface area contributed by atoms with Crippen LogP contribution in [0.15, 0.2) is 30.6 Å². The molecule has 3 rings (SSSR count). The number of nitrogens with one attached hydrogen (secondary N) is 2. The average molecular weight is 311 g/mol. The molecule has 0 bridgehead atoms. The lowest BCUT2D eigenvalue weighted by Gasteiger charge is -2.13. The van der Waals surface area contributed by atoms with Crippen LogP contribution < -0.4 is 5.32 Å². The molecular weight excluding hydrogens is 294 g/mol. The molecule has 1 aromatic carbocycles. The fraction of sp³-hybridized carbons (Fsp3) is 0.267. The van der Waals surface area contributed by atoms with Gasteiger partial charge in [-0.15, -0.1) is 0 Å². The molecule has 118 valence electrons. The molecule has 1 amide bonds. The lowest BCUT2D eigenvalue weighted by Crippen LogP contribution is -2.28. The van der Waals surface area contributed by atoms with Crippen molar-refractivity contribution in [1.29, 1.82) is 0 Å². The SMILES string of the molecule is Cc1nc(-c2cccc(C(=O)NC(C)c3ncnn3C)c2)n[nH]1. The number of aromatic amines is 1. The van der Waals surface area contributed by atoms with Crippen LogP contribution in [0.1, 0.15) is 35.0 Å². The number of hydrogen-bond acceptors (Lipinski definition) is 5. The minimum absolute atomic E-state index is 0.186. The molecule has 23 heavy (non-hydrogen) atoms. The number of rotatable bonds is 4. The Balaban J connectivity index is 1.79. The minimum Gasteiger partial charge on any atom is -0.342 e. The summed E-state index contributed by atoms with van der Waals surface area (Å²) in [5, 5.41) is 13.8. The van der Waals surface area contributed by atoms with Gasteiger partial charge in [-0.3, -0.25) is 14.6 Å². The average Bonchev–Trinajstić information content (AvgIpc) is 3.16. The number of aryl methyl sites for hydroxylation is 2. The summed E-state index contributed by atoms with van der Waals surface area (Å²) < 4.78 is 1.64. The summed E-state index contributed by atoms with van der Waals surface area (Å²) in [4.78, 5) is 20.9. The van der Waals surface area contributed by atoms with Crippen molar-refractivity contribution < 1.29 is 4.79 Å². The number of carbonyl (C=O) groups is 1. The lowest BCUT2D eigenvalue weighted by atomic mass is 10.1. The highest BCUT2D eigenvalue weighted by molar-refractivity contribution is 5.95. The quantitative estimate of drug-likeness (QED) is 0.758. The second-order valence-corrected chi connectivity index (χ2v) is 5.26. The van der Waals surface area contributed by atoms with Crippen LogP contribution in [0, 0.1) is 6.92 Å². The monoisotopic (exact) mass is 311 g/mol. The molecule has 0 spiro atoms. The highest BCUT2D eigenvalue weighted by Gasteiger charge is 2.16. The van der Waals surface area contributed by atoms with Crippen molar-refractivity contribution >= 4 is 5.91 Å². The molecule has 0 aliphatic rings. The van der Waals surface area contributed by atoms with Gasteiger partial charge in [-0.25, -0.2) is 9.97 Å². The molecule has 1 unspecified atom stereocenters. The Kier molecular flexibility index (Phi) is 3.88. The molecule has 2 aromatic heterocycles. The van der Waals surface area contributed by atoms with Crippen LogP contribution in [0.3, 0.4) is 0 Å². The van der Waals surface area contributed by atoms with Crippen LogP contribution in [0.25, 0.3) is 11.4 Å². The lowest BCUT2D eigenvalue weighted by molar-refractivity contribution is 0.0937. The maximum absolute atomic E-state index is 12.4. The standard InChI is InChI=1S/C15H17N7O/c1-9(14-16-8-17-22(14)3)18-15(23)12-6-4-5-11(7-12)13-19-10(2)20-21-13/h4-9H,1-3H3,(H,18,23)(H,19,20,21). The van der Waals surface area contributed by atoms with Crippen molar-refractivity contribution in [1.82, 2.24) is 35.3 Å². The van der Waals surface area contributed by atoms with E-state index in [1.807, 2.05) is 26.0 Å². The van der Waals surface area contributed by atoms with E-state index >= 15 is 0 Å². The molecule has 3 aromatic rings. The number of nitrogens with zero attached hydrogens (tertiary/aromatic N) is 5. The van der Waals surface area contributed by atoms with Crippen molar-refractivity contribution in [2.24, 2.45) is 7.05 Å². The fourth-order valence-corrected chi connectivity index (χ4v) is 2.31. The largest absolute Gasteiger partial charge is 0.342 e. The maximum Gasteiger partial charge on any atom is 0.251 e. The zero-order chi connectivity index (χ0) is 16.4. The Bertz CT molecular complexity index is 836. The van der Waals surface area contributed by atoms with Gasteiger partial charge in [-0.2, -0.15) is 10.2 Å². The van der Waals surface area contributed by atoms with Gasteiger partial charge in [0.25, 0.3) is 5.91 Å². The molecule has 0 saturated heterocycles. The molecule has 0 fully saturated rings. The predicted molar refractivity (Wildman–Crippen MR) is 83.4 cm³/mol. The predicted octanol–water partition coefficient (Wildman–Crippen LogP) is 1.40. The molecule has 2 N–H and O–H groups in total. The molecule has 0 radical (unpaired) electrons. The van der Waals surface area contributed by atoms with Crippen molar-refractivity contribution in [3.63, 3.8) is 0 Å². The Morgan fingerprint density at radius 3 is 2.87 bits per heavy atom. The van der Waals surface area contributed by atoms with Gasteiger partial charge in [0.1, 0.15) is 18.0 Å². The van der Waals surface area contributed by atoms with E-state index in [1.165, 1.54) is 6.33 Å². The number of amides is 1. The highest BCUT2D eigenvalue weighted by atomic mass is 16.1.